The maximum Gasteiger partial charge on any atom is 0.491 e. The van der Waals surface area contributed by atoms with Crippen molar-refractivity contribution in [3.63, 3.8) is 0 Å². The quantitative estimate of drug-likeness (QED) is 0.791. The SMILES string of the molecule is CC1(C)OB(C(=Cc2cncc(OCc3ccccc3)c2)CN)OC1(C)C. The fraction of sp³-hybridized carbons (Fsp3) is 0.381. The Morgan fingerprint density at radius 2 is 1.78 bits per heavy atom. The molecule has 0 aliphatic carbocycles. The first-order valence-corrected chi connectivity index (χ1v) is 9.19. The smallest absolute Gasteiger partial charge is 0.487 e. The van der Waals surface area contributed by atoms with Crippen LogP contribution in [0.15, 0.2) is 54.3 Å². The van der Waals surface area contributed by atoms with E-state index in [-0.39, 0.29) is 0 Å². The average Bonchev–Trinajstić information content (AvgIpc) is 2.86. The molecule has 142 valence electrons. The van der Waals surface area contributed by atoms with Gasteiger partial charge in [-0.2, -0.15) is 0 Å². The van der Waals surface area contributed by atoms with Gasteiger partial charge in [-0.1, -0.05) is 36.4 Å². The molecule has 1 aromatic heterocycles. The summed E-state index contributed by atoms with van der Waals surface area (Å²) in [6.45, 7) is 8.95. The molecule has 3 rings (SSSR count). The van der Waals surface area contributed by atoms with E-state index in [2.05, 4.69) is 4.98 Å². The van der Waals surface area contributed by atoms with Crippen LogP contribution in [0.1, 0.15) is 38.8 Å². The van der Waals surface area contributed by atoms with Crippen LogP contribution in [0.4, 0.5) is 0 Å². The summed E-state index contributed by atoms with van der Waals surface area (Å²) < 4.78 is 18.1. The number of benzene rings is 1. The van der Waals surface area contributed by atoms with Crippen LogP contribution in [0, 0.1) is 0 Å². The van der Waals surface area contributed by atoms with Crippen molar-refractivity contribution in [1.82, 2.24) is 4.98 Å². The van der Waals surface area contributed by atoms with Crippen molar-refractivity contribution < 1.29 is 14.0 Å². The fourth-order valence-electron chi connectivity index (χ4n) is 2.77. The highest BCUT2D eigenvalue weighted by Gasteiger charge is 2.52. The lowest BCUT2D eigenvalue weighted by Gasteiger charge is -2.32. The number of ether oxygens (including phenoxy) is 1. The number of nitrogens with zero attached hydrogens (tertiary/aromatic N) is 1. The zero-order valence-corrected chi connectivity index (χ0v) is 16.4. The van der Waals surface area contributed by atoms with E-state index >= 15 is 0 Å². The predicted molar refractivity (Wildman–Crippen MR) is 108 cm³/mol. The fourth-order valence-corrected chi connectivity index (χ4v) is 2.77. The molecule has 0 radical (unpaired) electrons. The molecule has 0 bridgehead atoms. The van der Waals surface area contributed by atoms with Crippen molar-refractivity contribution in [2.75, 3.05) is 6.54 Å². The molecule has 1 aromatic carbocycles. The van der Waals surface area contributed by atoms with Gasteiger partial charge in [0.15, 0.2) is 0 Å². The molecular weight excluding hydrogens is 339 g/mol. The maximum absolute atomic E-state index is 6.10. The second kappa shape index (κ2) is 7.84. The highest BCUT2D eigenvalue weighted by molar-refractivity contribution is 6.55. The van der Waals surface area contributed by atoms with Crippen LogP contribution in [0.25, 0.3) is 6.08 Å². The van der Waals surface area contributed by atoms with E-state index in [1.165, 1.54) is 0 Å². The molecule has 0 unspecified atom stereocenters. The van der Waals surface area contributed by atoms with Gasteiger partial charge in [-0.15, -0.1) is 0 Å². The molecule has 2 N–H and O–H groups in total. The van der Waals surface area contributed by atoms with Gasteiger partial charge in [-0.25, -0.2) is 0 Å². The molecule has 5 nitrogen and oxygen atoms in total. The van der Waals surface area contributed by atoms with E-state index in [1.54, 1.807) is 12.4 Å². The molecule has 2 heterocycles. The topological polar surface area (TPSA) is 66.6 Å². The van der Waals surface area contributed by atoms with Crippen molar-refractivity contribution >= 4 is 13.2 Å². The van der Waals surface area contributed by atoms with Crippen LogP contribution in [0.2, 0.25) is 0 Å². The van der Waals surface area contributed by atoms with E-state index in [4.69, 9.17) is 19.8 Å². The van der Waals surface area contributed by atoms with E-state index < -0.39 is 18.3 Å². The van der Waals surface area contributed by atoms with Crippen LogP contribution in [-0.2, 0) is 15.9 Å². The Labute approximate surface area is 161 Å². The second-order valence-electron chi connectivity index (χ2n) is 7.74. The minimum absolute atomic E-state index is 0.339. The minimum Gasteiger partial charge on any atom is -0.487 e. The van der Waals surface area contributed by atoms with Gasteiger partial charge in [0.1, 0.15) is 12.4 Å². The third-order valence-electron chi connectivity index (χ3n) is 5.13. The van der Waals surface area contributed by atoms with Crippen LogP contribution < -0.4 is 10.5 Å². The Bertz CT molecular complexity index is 790. The summed E-state index contributed by atoms with van der Waals surface area (Å²) in [5.74, 6) is 0.706. The van der Waals surface area contributed by atoms with Crippen LogP contribution in [-0.4, -0.2) is 29.8 Å². The van der Waals surface area contributed by atoms with Gasteiger partial charge >= 0.3 is 7.12 Å². The lowest BCUT2D eigenvalue weighted by atomic mass is 9.77. The number of nitrogens with two attached hydrogens (primary N) is 1. The van der Waals surface area contributed by atoms with E-state index in [0.717, 1.165) is 16.6 Å². The second-order valence-corrected chi connectivity index (χ2v) is 7.74. The van der Waals surface area contributed by atoms with Gasteiger partial charge in [0, 0.05) is 12.7 Å². The molecular formula is C21H27BN2O3. The predicted octanol–water partition coefficient (Wildman–Crippen LogP) is 3.63. The summed E-state index contributed by atoms with van der Waals surface area (Å²) in [5.41, 5.74) is 8.05. The average molecular weight is 366 g/mol. The lowest BCUT2D eigenvalue weighted by Crippen LogP contribution is -2.41. The van der Waals surface area contributed by atoms with Gasteiger partial charge in [-0.05, 0) is 50.4 Å². The van der Waals surface area contributed by atoms with E-state index in [0.29, 0.717) is 18.9 Å². The first kappa shape index (κ1) is 19.6. The molecule has 6 heteroatoms. The number of aromatic nitrogens is 1. The van der Waals surface area contributed by atoms with Gasteiger partial charge in [0.05, 0.1) is 17.4 Å². The molecule has 0 atom stereocenters. The van der Waals surface area contributed by atoms with Crippen molar-refractivity contribution in [3.8, 4) is 5.75 Å². The molecule has 0 saturated carbocycles. The monoisotopic (exact) mass is 366 g/mol. The van der Waals surface area contributed by atoms with Gasteiger partial charge < -0.3 is 19.8 Å². The molecule has 1 aliphatic rings. The van der Waals surface area contributed by atoms with Crippen molar-refractivity contribution in [2.45, 2.75) is 45.5 Å². The first-order valence-electron chi connectivity index (χ1n) is 9.19. The summed E-state index contributed by atoms with van der Waals surface area (Å²) in [4.78, 5) is 4.28. The Balaban J connectivity index is 1.73. The normalized spacial score (nSPS) is 18.6. The Hall–Kier alpha value is -2.15. The van der Waals surface area contributed by atoms with E-state index in [1.807, 2.05) is 70.2 Å². The Morgan fingerprint density at radius 1 is 1.11 bits per heavy atom. The summed E-state index contributed by atoms with van der Waals surface area (Å²) in [6, 6.07) is 12.0. The van der Waals surface area contributed by atoms with Crippen molar-refractivity contribution in [1.29, 1.82) is 0 Å². The molecule has 1 aliphatic heterocycles. The molecule has 0 amide bonds. The largest absolute Gasteiger partial charge is 0.491 e. The standard InChI is InChI=1S/C21H27BN2O3/c1-20(2)21(3,4)27-22(26-20)18(12-23)10-17-11-19(14-24-13-17)25-15-16-8-6-5-7-9-16/h5-11,13-14H,12,15,23H2,1-4H3. The minimum atomic E-state index is -0.464. The highest BCUT2D eigenvalue weighted by Crippen LogP contribution is 2.38. The zero-order valence-electron chi connectivity index (χ0n) is 16.4. The van der Waals surface area contributed by atoms with Crippen LogP contribution in [0.3, 0.4) is 0 Å². The Kier molecular flexibility index (Phi) is 5.70. The summed E-state index contributed by atoms with van der Waals surface area (Å²) in [6.07, 6.45) is 5.44. The summed E-state index contributed by atoms with van der Waals surface area (Å²) in [5, 5.41) is 0. The summed E-state index contributed by atoms with van der Waals surface area (Å²) >= 11 is 0. The molecule has 0 spiro atoms. The number of hydrogen-bond acceptors (Lipinski definition) is 5. The van der Waals surface area contributed by atoms with Gasteiger partial charge in [0.25, 0.3) is 0 Å². The third-order valence-corrected chi connectivity index (χ3v) is 5.13. The zero-order chi connectivity index (χ0) is 19.5. The number of rotatable bonds is 6. The van der Waals surface area contributed by atoms with Gasteiger partial charge in [0.2, 0.25) is 0 Å². The molecule has 1 fully saturated rings. The van der Waals surface area contributed by atoms with Crippen molar-refractivity contribution in [2.24, 2.45) is 5.73 Å². The third kappa shape index (κ3) is 4.58. The number of hydrogen-bond donors (Lipinski definition) is 1. The first-order chi connectivity index (χ1) is 12.8. The van der Waals surface area contributed by atoms with Crippen molar-refractivity contribution in [3.05, 3.63) is 65.4 Å². The molecule has 27 heavy (non-hydrogen) atoms. The highest BCUT2D eigenvalue weighted by atomic mass is 16.7. The van der Waals surface area contributed by atoms with Crippen LogP contribution >= 0.6 is 0 Å². The molecule has 2 aromatic rings. The van der Waals surface area contributed by atoms with Gasteiger partial charge in [-0.3, -0.25) is 4.98 Å². The van der Waals surface area contributed by atoms with E-state index in [9.17, 15) is 0 Å². The van der Waals surface area contributed by atoms with Crippen LogP contribution in [0.5, 0.6) is 5.75 Å². The molecule has 1 saturated heterocycles. The summed E-state index contributed by atoms with van der Waals surface area (Å²) in [7, 11) is -0.464. The lowest BCUT2D eigenvalue weighted by molar-refractivity contribution is 0.00578. The maximum atomic E-state index is 6.10. The Morgan fingerprint density at radius 3 is 2.41 bits per heavy atom. The number of pyridine rings is 1.